The van der Waals surface area contributed by atoms with Crippen molar-refractivity contribution in [1.29, 1.82) is 0 Å². The highest BCUT2D eigenvalue weighted by Gasteiger charge is 2.42. The van der Waals surface area contributed by atoms with Crippen LogP contribution in [0.3, 0.4) is 0 Å². The van der Waals surface area contributed by atoms with Crippen LogP contribution < -0.4 is 4.74 Å². The monoisotopic (exact) mass is 325 g/mol. The van der Waals surface area contributed by atoms with Crippen molar-refractivity contribution in [2.24, 2.45) is 5.41 Å². The van der Waals surface area contributed by atoms with Gasteiger partial charge in [-0.1, -0.05) is 11.6 Å². The number of likely N-dealkylation sites (tertiary alicyclic amines) is 1. The molecule has 0 radical (unpaired) electrons. The number of aliphatic carboxylic acids is 1. The van der Waals surface area contributed by atoms with Crippen molar-refractivity contribution in [3.05, 3.63) is 28.3 Å². The third kappa shape index (κ3) is 3.35. The van der Waals surface area contributed by atoms with Gasteiger partial charge in [-0.15, -0.1) is 0 Å². The number of carbonyl (C=O) groups is 2. The van der Waals surface area contributed by atoms with Gasteiger partial charge in [-0.3, -0.25) is 9.59 Å². The lowest BCUT2D eigenvalue weighted by atomic mass is 9.90. The summed E-state index contributed by atoms with van der Waals surface area (Å²) in [6.45, 7) is 5.99. The Balaban J connectivity index is 1.95. The highest BCUT2D eigenvalue weighted by atomic mass is 35.5. The minimum Gasteiger partial charge on any atom is -0.484 e. The molecule has 1 unspecified atom stereocenters. The highest BCUT2D eigenvalue weighted by Crippen LogP contribution is 2.30. The van der Waals surface area contributed by atoms with E-state index in [-0.39, 0.29) is 19.1 Å². The van der Waals surface area contributed by atoms with E-state index in [1.54, 1.807) is 24.0 Å². The van der Waals surface area contributed by atoms with Crippen molar-refractivity contribution in [2.75, 3.05) is 19.7 Å². The molecular weight excluding hydrogens is 306 g/mol. The Morgan fingerprint density at radius 1 is 1.36 bits per heavy atom. The minimum atomic E-state index is -0.868. The maximum Gasteiger partial charge on any atom is 0.311 e. The van der Waals surface area contributed by atoms with E-state index in [0.29, 0.717) is 23.7 Å². The minimum absolute atomic E-state index is 0.101. The second-order valence-corrected chi connectivity index (χ2v) is 6.47. The van der Waals surface area contributed by atoms with Crippen LogP contribution >= 0.6 is 11.6 Å². The quantitative estimate of drug-likeness (QED) is 0.924. The van der Waals surface area contributed by atoms with Gasteiger partial charge in [0.05, 0.1) is 5.41 Å². The number of carboxylic acid groups (broad SMARTS) is 1. The molecule has 1 heterocycles. The molecule has 0 aromatic heterocycles. The Morgan fingerprint density at radius 3 is 2.45 bits per heavy atom. The fourth-order valence-electron chi connectivity index (χ4n) is 2.57. The van der Waals surface area contributed by atoms with Crippen LogP contribution in [-0.4, -0.2) is 41.6 Å². The molecule has 0 aliphatic carbocycles. The molecule has 0 saturated carbocycles. The van der Waals surface area contributed by atoms with Crippen LogP contribution in [-0.2, 0) is 9.59 Å². The van der Waals surface area contributed by atoms with Gasteiger partial charge in [0.25, 0.3) is 5.91 Å². The van der Waals surface area contributed by atoms with E-state index in [2.05, 4.69) is 0 Å². The number of halogens is 1. The van der Waals surface area contributed by atoms with Crippen LogP contribution in [0.4, 0.5) is 0 Å². The molecule has 1 amide bonds. The zero-order valence-corrected chi connectivity index (χ0v) is 13.7. The Kier molecular flexibility index (Phi) is 4.66. The predicted molar refractivity (Wildman–Crippen MR) is 83.4 cm³/mol. The molecule has 0 spiro atoms. The van der Waals surface area contributed by atoms with E-state index in [1.807, 2.05) is 13.8 Å². The number of rotatable bonds is 4. The van der Waals surface area contributed by atoms with Crippen LogP contribution in [0.15, 0.2) is 12.1 Å². The van der Waals surface area contributed by atoms with Crippen molar-refractivity contribution >= 4 is 23.5 Å². The molecule has 2 rings (SSSR count). The molecule has 22 heavy (non-hydrogen) atoms. The SMILES string of the molecule is Cc1cc(OCC(=O)N2CCC(C)(C(=O)O)C2)cc(C)c1Cl. The first-order chi connectivity index (χ1) is 10.2. The Hall–Kier alpha value is -1.75. The predicted octanol–water partition coefficient (Wildman–Crippen LogP) is 2.66. The van der Waals surface area contributed by atoms with Crippen molar-refractivity contribution < 1.29 is 19.4 Å². The summed E-state index contributed by atoms with van der Waals surface area (Å²) < 4.78 is 5.53. The topological polar surface area (TPSA) is 66.8 Å². The summed E-state index contributed by atoms with van der Waals surface area (Å²) >= 11 is 6.09. The largest absolute Gasteiger partial charge is 0.484 e. The first kappa shape index (κ1) is 16.6. The molecule has 0 bridgehead atoms. The van der Waals surface area contributed by atoms with Gasteiger partial charge < -0.3 is 14.7 Å². The number of hydrogen-bond donors (Lipinski definition) is 1. The van der Waals surface area contributed by atoms with E-state index in [1.165, 1.54) is 0 Å². The van der Waals surface area contributed by atoms with Gasteiger partial charge in [-0.05, 0) is 50.5 Å². The van der Waals surface area contributed by atoms with Gasteiger partial charge in [0.15, 0.2) is 6.61 Å². The van der Waals surface area contributed by atoms with Crippen molar-refractivity contribution in [3.8, 4) is 5.75 Å². The van der Waals surface area contributed by atoms with Gasteiger partial charge in [0.2, 0.25) is 0 Å². The van der Waals surface area contributed by atoms with Crippen LogP contribution in [0.25, 0.3) is 0 Å². The van der Waals surface area contributed by atoms with Gasteiger partial charge in [-0.2, -0.15) is 0 Å². The molecule has 1 saturated heterocycles. The van der Waals surface area contributed by atoms with E-state index >= 15 is 0 Å². The normalized spacial score (nSPS) is 21.0. The fourth-order valence-corrected chi connectivity index (χ4v) is 2.68. The zero-order chi connectivity index (χ0) is 16.5. The average molecular weight is 326 g/mol. The fraction of sp³-hybridized carbons (Fsp3) is 0.500. The van der Waals surface area contributed by atoms with Crippen LogP contribution in [0.5, 0.6) is 5.75 Å². The van der Waals surface area contributed by atoms with Gasteiger partial charge in [0, 0.05) is 18.1 Å². The number of ether oxygens (including phenoxy) is 1. The molecule has 5 nitrogen and oxygen atoms in total. The Bertz CT molecular complexity index is 593. The van der Waals surface area contributed by atoms with Crippen molar-refractivity contribution in [3.63, 3.8) is 0 Å². The lowest BCUT2D eigenvalue weighted by Gasteiger charge is -2.20. The number of nitrogens with zero attached hydrogens (tertiary/aromatic N) is 1. The van der Waals surface area contributed by atoms with Crippen LogP contribution in [0.1, 0.15) is 24.5 Å². The molecule has 1 aliphatic heterocycles. The summed E-state index contributed by atoms with van der Waals surface area (Å²) in [7, 11) is 0. The van der Waals surface area contributed by atoms with Crippen LogP contribution in [0.2, 0.25) is 5.02 Å². The van der Waals surface area contributed by atoms with E-state index in [9.17, 15) is 14.7 Å². The molecule has 1 atom stereocenters. The lowest BCUT2D eigenvalue weighted by Crippen LogP contribution is -2.37. The van der Waals surface area contributed by atoms with Gasteiger partial charge >= 0.3 is 5.97 Å². The number of aryl methyl sites for hydroxylation is 2. The highest BCUT2D eigenvalue weighted by molar-refractivity contribution is 6.32. The molecule has 1 N–H and O–H groups in total. The number of hydrogen-bond acceptors (Lipinski definition) is 3. The summed E-state index contributed by atoms with van der Waals surface area (Å²) in [5.41, 5.74) is 0.927. The number of amides is 1. The van der Waals surface area contributed by atoms with Gasteiger partial charge in [-0.25, -0.2) is 0 Å². The second kappa shape index (κ2) is 6.16. The lowest BCUT2D eigenvalue weighted by molar-refractivity contribution is -0.147. The van der Waals surface area contributed by atoms with Crippen molar-refractivity contribution in [1.82, 2.24) is 4.90 Å². The number of benzene rings is 1. The van der Waals surface area contributed by atoms with Gasteiger partial charge in [0.1, 0.15) is 5.75 Å². The summed E-state index contributed by atoms with van der Waals surface area (Å²) in [6.07, 6.45) is 0.466. The zero-order valence-electron chi connectivity index (χ0n) is 13.0. The third-order valence-electron chi connectivity index (χ3n) is 4.11. The number of carbonyl (C=O) groups excluding carboxylic acids is 1. The van der Waals surface area contributed by atoms with Crippen molar-refractivity contribution in [2.45, 2.75) is 27.2 Å². The van der Waals surface area contributed by atoms with Crippen LogP contribution in [0, 0.1) is 19.3 Å². The summed E-state index contributed by atoms with van der Waals surface area (Å²) in [6, 6.07) is 3.57. The first-order valence-electron chi connectivity index (χ1n) is 7.14. The molecule has 6 heteroatoms. The molecule has 1 aromatic rings. The summed E-state index contributed by atoms with van der Waals surface area (Å²) in [5, 5.41) is 9.88. The summed E-state index contributed by atoms with van der Waals surface area (Å²) in [5.74, 6) is -0.476. The Morgan fingerprint density at radius 2 is 1.95 bits per heavy atom. The molecule has 120 valence electrons. The van der Waals surface area contributed by atoms with E-state index < -0.39 is 11.4 Å². The average Bonchev–Trinajstić information content (AvgIpc) is 2.86. The van der Waals surface area contributed by atoms with E-state index in [0.717, 1.165) is 11.1 Å². The first-order valence-corrected chi connectivity index (χ1v) is 7.51. The third-order valence-corrected chi connectivity index (χ3v) is 4.71. The smallest absolute Gasteiger partial charge is 0.311 e. The maximum absolute atomic E-state index is 12.1. The molecule has 1 aliphatic rings. The standard InChI is InChI=1S/C16H20ClNO4/c1-10-6-12(7-11(2)14(10)17)22-8-13(19)18-5-4-16(3,9-18)15(20)21/h6-7H,4-5,8-9H2,1-3H3,(H,20,21). The Labute approximate surface area is 134 Å². The summed E-state index contributed by atoms with van der Waals surface area (Å²) in [4.78, 5) is 24.9. The molecule has 1 fully saturated rings. The molecule has 1 aromatic carbocycles. The maximum atomic E-state index is 12.1. The molecular formula is C16H20ClNO4. The second-order valence-electron chi connectivity index (χ2n) is 6.09. The van der Waals surface area contributed by atoms with E-state index in [4.69, 9.17) is 16.3 Å². The number of carboxylic acids is 1.